The van der Waals surface area contributed by atoms with Gasteiger partial charge in [-0.3, -0.25) is 9.20 Å². The molecule has 0 bridgehead atoms. The summed E-state index contributed by atoms with van der Waals surface area (Å²) in [6.07, 6.45) is 1.64. The molecule has 84 valence electrons. The highest BCUT2D eigenvalue weighted by Crippen LogP contribution is 2.18. The number of hydrogen-bond acceptors (Lipinski definition) is 2. The number of halogens is 1. The number of benzene rings is 1. The molecule has 3 rings (SSSR count). The molecular formula is C13H9FN2O. The van der Waals surface area contributed by atoms with Gasteiger partial charge in [0.05, 0.1) is 5.52 Å². The molecule has 17 heavy (non-hydrogen) atoms. The lowest BCUT2D eigenvalue weighted by Crippen LogP contribution is -1.90. The zero-order valence-corrected chi connectivity index (χ0v) is 9.14. The van der Waals surface area contributed by atoms with E-state index in [1.54, 1.807) is 16.7 Å². The van der Waals surface area contributed by atoms with Crippen LogP contribution in [0.2, 0.25) is 0 Å². The molecule has 0 spiro atoms. The zero-order chi connectivity index (χ0) is 12.0. The molecule has 1 aromatic carbocycles. The van der Waals surface area contributed by atoms with Gasteiger partial charge in [0.1, 0.15) is 17.2 Å². The quantitative estimate of drug-likeness (QED) is 0.600. The Morgan fingerprint density at radius 1 is 1.29 bits per heavy atom. The topological polar surface area (TPSA) is 34.4 Å². The molecular weight excluding hydrogens is 219 g/mol. The van der Waals surface area contributed by atoms with Gasteiger partial charge in [0.15, 0.2) is 5.78 Å². The van der Waals surface area contributed by atoms with Crippen LogP contribution in [0, 0.1) is 5.82 Å². The lowest BCUT2D eigenvalue weighted by molar-refractivity contribution is 0.101. The number of aromatic nitrogens is 2. The van der Waals surface area contributed by atoms with Crippen molar-refractivity contribution in [3.63, 3.8) is 0 Å². The van der Waals surface area contributed by atoms with E-state index in [1.807, 2.05) is 12.1 Å². The Bertz CT molecular complexity index is 746. The van der Waals surface area contributed by atoms with Crippen molar-refractivity contribution in [3.05, 3.63) is 48.0 Å². The predicted molar refractivity (Wildman–Crippen MR) is 62.7 cm³/mol. The number of pyridine rings is 1. The van der Waals surface area contributed by atoms with Gasteiger partial charge >= 0.3 is 0 Å². The Kier molecular flexibility index (Phi) is 1.98. The van der Waals surface area contributed by atoms with Crippen LogP contribution in [0.25, 0.3) is 16.6 Å². The molecule has 0 aliphatic rings. The maximum absolute atomic E-state index is 13.2. The summed E-state index contributed by atoms with van der Waals surface area (Å²) in [7, 11) is 0. The molecule has 0 aliphatic heterocycles. The lowest BCUT2D eigenvalue weighted by Gasteiger charge is -2.01. The number of imidazole rings is 1. The van der Waals surface area contributed by atoms with Crippen molar-refractivity contribution in [3.8, 4) is 0 Å². The van der Waals surface area contributed by atoms with E-state index in [0.717, 1.165) is 5.39 Å². The summed E-state index contributed by atoms with van der Waals surface area (Å²) in [5.41, 5.74) is 1.75. The Balaban J connectivity index is 2.45. The van der Waals surface area contributed by atoms with Crippen LogP contribution in [0.15, 0.2) is 36.5 Å². The van der Waals surface area contributed by atoms with Crippen LogP contribution in [-0.2, 0) is 0 Å². The summed E-state index contributed by atoms with van der Waals surface area (Å²) < 4.78 is 15.0. The first-order valence-electron chi connectivity index (χ1n) is 5.23. The van der Waals surface area contributed by atoms with E-state index in [1.165, 1.54) is 19.1 Å². The smallest absolute Gasteiger partial charge is 0.179 e. The molecule has 0 N–H and O–H groups in total. The minimum Gasteiger partial charge on any atom is -0.299 e. The van der Waals surface area contributed by atoms with Gasteiger partial charge in [0, 0.05) is 13.1 Å². The molecule has 3 aromatic rings. The van der Waals surface area contributed by atoms with E-state index < -0.39 is 0 Å². The van der Waals surface area contributed by atoms with E-state index in [2.05, 4.69) is 4.98 Å². The average molecular weight is 228 g/mol. The third-order valence-electron chi connectivity index (χ3n) is 2.76. The number of Topliss-reactive ketones (excluding diaryl/α,β-unsaturated/α-hetero) is 1. The van der Waals surface area contributed by atoms with E-state index in [4.69, 9.17) is 0 Å². The molecule has 0 unspecified atom stereocenters. The molecule has 0 aliphatic carbocycles. The number of rotatable bonds is 1. The highest BCUT2D eigenvalue weighted by Gasteiger charge is 2.08. The fraction of sp³-hybridized carbons (Fsp3) is 0.0769. The molecule has 0 atom stereocenters. The Morgan fingerprint density at radius 3 is 2.82 bits per heavy atom. The highest BCUT2D eigenvalue weighted by atomic mass is 19.1. The Morgan fingerprint density at radius 2 is 2.06 bits per heavy atom. The first kappa shape index (κ1) is 9.96. The van der Waals surface area contributed by atoms with Crippen LogP contribution in [-0.4, -0.2) is 15.2 Å². The second kappa shape index (κ2) is 3.38. The van der Waals surface area contributed by atoms with Crippen LogP contribution in [0.1, 0.15) is 17.4 Å². The van der Waals surface area contributed by atoms with Crippen molar-refractivity contribution in [1.82, 2.24) is 9.38 Å². The molecule has 0 amide bonds. The number of hydrogen-bond donors (Lipinski definition) is 0. The van der Waals surface area contributed by atoms with Crippen molar-refractivity contribution < 1.29 is 9.18 Å². The average Bonchev–Trinajstić information content (AvgIpc) is 2.73. The van der Waals surface area contributed by atoms with Crippen molar-refractivity contribution in [1.29, 1.82) is 0 Å². The molecule has 0 saturated heterocycles. The maximum atomic E-state index is 13.2. The highest BCUT2D eigenvalue weighted by molar-refractivity contribution is 5.93. The van der Waals surface area contributed by atoms with Crippen LogP contribution in [0.4, 0.5) is 4.39 Å². The second-order valence-corrected chi connectivity index (χ2v) is 3.95. The number of carbonyl (C=O) groups is 1. The maximum Gasteiger partial charge on any atom is 0.179 e. The predicted octanol–water partition coefficient (Wildman–Crippen LogP) is 2.83. The lowest BCUT2D eigenvalue weighted by atomic mass is 10.2. The van der Waals surface area contributed by atoms with E-state index in [0.29, 0.717) is 16.9 Å². The fourth-order valence-corrected chi connectivity index (χ4v) is 1.91. The normalized spacial score (nSPS) is 11.2. The SMILES string of the molecule is CC(=O)c1cn2c(ccc3ccc(F)cc32)n1. The minimum absolute atomic E-state index is 0.0988. The Hall–Kier alpha value is -2.23. The standard InChI is InChI=1S/C13H9FN2O/c1-8(17)11-7-16-12-6-10(14)4-2-9(12)3-5-13(16)15-11/h2-7H,1H3. The van der Waals surface area contributed by atoms with Gasteiger partial charge in [-0.2, -0.15) is 0 Å². The van der Waals surface area contributed by atoms with Crippen molar-refractivity contribution >= 4 is 22.3 Å². The van der Waals surface area contributed by atoms with Crippen LogP contribution in [0.5, 0.6) is 0 Å². The van der Waals surface area contributed by atoms with Crippen molar-refractivity contribution in [2.24, 2.45) is 0 Å². The largest absolute Gasteiger partial charge is 0.299 e. The van der Waals surface area contributed by atoms with Gasteiger partial charge in [-0.1, -0.05) is 0 Å². The van der Waals surface area contributed by atoms with Gasteiger partial charge in [0.2, 0.25) is 0 Å². The number of fused-ring (bicyclic) bond motifs is 3. The molecule has 0 fully saturated rings. The zero-order valence-electron chi connectivity index (χ0n) is 9.14. The third kappa shape index (κ3) is 1.49. The molecule has 4 heteroatoms. The van der Waals surface area contributed by atoms with E-state index in [-0.39, 0.29) is 11.6 Å². The molecule has 0 radical (unpaired) electrons. The summed E-state index contributed by atoms with van der Waals surface area (Å²) in [5.74, 6) is -0.402. The molecule has 2 heterocycles. The minimum atomic E-state index is -0.303. The van der Waals surface area contributed by atoms with Gasteiger partial charge in [0.25, 0.3) is 0 Å². The monoisotopic (exact) mass is 228 g/mol. The molecule has 0 saturated carbocycles. The molecule has 3 nitrogen and oxygen atoms in total. The van der Waals surface area contributed by atoms with Crippen LogP contribution in [0.3, 0.4) is 0 Å². The van der Waals surface area contributed by atoms with Gasteiger partial charge < -0.3 is 0 Å². The van der Waals surface area contributed by atoms with Crippen molar-refractivity contribution in [2.45, 2.75) is 6.92 Å². The summed E-state index contributed by atoms with van der Waals surface area (Å²) in [4.78, 5) is 15.5. The van der Waals surface area contributed by atoms with Crippen LogP contribution >= 0.6 is 0 Å². The summed E-state index contributed by atoms with van der Waals surface area (Å²) in [5, 5.41) is 0.909. The van der Waals surface area contributed by atoms with Gasteiger partial charge in [-0.05, 0) is 35.7 Å². The molecule has 2 aromatic heterocycles. The van der Waals surface area contributed by atoms with Gasteiger partial charge in [-0.15, -0.1) is 0 Å². The van der Waals surface area contributed by atoms with Gasteiger partial charge in [-0.25, -0.2) is 9.37 Å². The summed E-state index contributed by atoms with van der Waals surface area (Å²) in [6.45, 7) is 1.46. The van der Waals surface area contributed by atoms with E-state index >= 15 is 0 Å². The summed E-state index contributed by atoms with van der Waals surface area (Å²) in [6, 6.07) is 8.23. The number of carbonyl (C=O) groups excluding carboxylic acids is 1. The fourth-order valence-electron chi connectivity index (χ4n) is 1.91. The number of ketones is 1. The Labute approximate surface area is 96.5 Å². The van der Waals surface area contributed by atoms with Crippen LogP contribution < -0.4 is 0 Å². The second-order valence-electron chi connectivity index (χ2n) is 3.95. The number of nitrogens with zero attached hydrogens (tertiary/aromatic N) is 2. The van der Waals surface area contributed by atoms with Crippen molar-refractivity contribution in [2.75, 3.05) is 0 Å². The first-order chi connectivity index (χ1) is 8.15. The third-order valence-corrected chi connectivity index (χ3v) is 2.76. The van der Waals surface area contributed by atoms with E-state index in [9.17, 15) is 9.18 Å². The first-order valence-corrected chi connectivity index (χ1v) is 5.23. The summed E-state index contributed by atoms with van der Waals surface area (Å²) >= 11 is 0.